The summed E-state index contributed by atoms with van der Waals surface area (Å²) in [4.78, 5) is 24.4. The van der Waals surface area contributed by atoms with Gasteiger partial charge in [-0.2, -0.15) is 0 Å². The average Bonchev–Trinajstić information content (AvgIpc) is 2.47. The van der Waals surface area contributed by atoms with E-state index in [9.17, 15) is 18.4 Å². The predicted molar refractivity (Wildman–Crippen MR) is 83.4 cm³/mol. The fourth-order valence-electron chi connectivity index (χ4n) is 2.75. The van der Waals surface area contributed by atoms with E-state index in [0.717, 1.165) is 12.1 Å². The number of hydrogen-bond acceptors (Lipinski definition) is 3. The number of rotatable bonds is 7. The molecule has 0 unspecified atom stereocenters. The number of urea groups is 1. The topological polar surface area (TPSA) is 81.7 Å². The van der Waals surface area contributed by atoms with Crippen LogP contribution in [0.25, 0.3) is 0 Å². The second-order valence-electron chi connectivity index (χ2n) is 5.84. The molecular formula is C16H21F2N3O3. The van der Waals surface area contributed by atoms with E-state index in [4.69, 9.17) is 5.11 Å². The summed E-state index contributed by atoms with van der Waals surface area (Å²) in [6, 6.07) is 2.88. The highest BCUT2D eigenvalue weighted by Crippen LogP contribution is 2.25. The van der Waals surface area contributed by atoms with E-state index in [-0.39, 0.29) is 30.7 Å². The van der Waals surface area contributed by atoms with Gasteiger partial charge in [0, 0.05) is 30.3 Å². The van der Waals surface area contributed by atoms with Crippen LogP contribution in [-0.2, 0) is 11.3 Å². The molecule has 3 N–H and O–H groups in total. The third kappa shape index (κ3) is 4.89. The number of benzene rings is 1. The molecule has 1 aromatic carbocycles. The van der Waals surface area contributed by atoms with Crippen molar-refractivity contribution in [1.82, 2.24) is 15.5 Å². The molecular weight excluding hydrogens is 320 g/mol. The minimum Gasteiger partial charge on any atom is -0.480 e. The van der Waals surface area contributed by atoms with E-state index in [1.165, 1.54) is 6.07 Å². The van der Waals surface area contributed by atoms with Crippen LogP contribution in [-0.4, -0.2) is 47.2 Å². The molecule has 1 aliphatic carbocycles. The number of aliphatic carboxylic acids is 1. The third-order valence-electron chi connectivity index (χ3n) is 4.16. The lowest BCUT2D eigenvalue weighted by Crippen LogP contribution is -2.56. The van der Waals surface area contributed by atoms with Crippen LogP contribution >= 0.6 is 0 Å². The van der Waals surface area contributed by atoms with Gasteiger partial charge in [-0.05, 0) is 25.5 Å². The molecule has 0 heterocycles. The Morgan fingerprint density at radius 2 is 2.04 bits per heavy atom. The summed E-state index contributed by atoms with van der Waals surface area (Å²) in [7, 11) is 0. The number of carboxylic acids is 1. The van der Waals surface area contributed by atoms with Gasteiger partial charge < -0.3 is 15.7 Å². The maximum Gasteiger partial charge on any atom is 0.317 e. The Balaban J connectivity index is 1.72. The second-order valence-corrected chi connectivity index (χ2v) is 5.84. The minimum atomic E-state index is -0.868. The molecule has 24 heavy (non-hydrogen) atoms. The van der Waals surface area contributed by atoms with Crippen molar-refractivity contribution in [1.29, 1.82) is 0 Å². The first-order chi connectivity index (χ1) is 11.4. The summed E-state index contributed by atoms with van der Waals surface area (Å²) >= 11 is 0. The van der Waals surface area contributed by atoms with Crippen molar-refractivity contribution < 1.29 is 23.5 Å². The molecule has 2 rings (SSSR count). The van der Waals surface area contributed by atoms with Gasteiger partial charge in [-0.1, -0.05) is 13.0 Å². The predicted octanol–water partition coefficient (Wildman–Crippen LogP) is 1.70. The molecule has 132 valence electrons. The van der Waals surface area contributed by atoms with Gasteiger partial charge >= 0.3 is 12.0 Å². The van der Waals surface area contributed by atoms with Crippen molar-refractivity contribution in [2.75, 3.05) is 13.1 Å². The lowest BCUT2D eigenvalue weighted by molar-refractivity contribution is -0.139. The fraction of sp³-hybridized carbons (Fsp3) is 0.500. The summed E-state index contributed by atoms with van der Waals surface area (Å²) < 4.78 is 26.3. The number of nitrogens with one attached hydrogen (secondary N) is 2. The molecule has 2 amide bonds. The zero-order valence-electron chi connectivity index (χ0n) is 13.4. The van der Waals surface area contributed by atoms with Gasteiger partial charge in [0.05, 0.1) is 6.54 Å². The Kier molecular flexibility index (Phi) is 6.08. The third-order valence-corrected chi connectivity index (χ3v) is 4.16. The Labute approximate surface area is 138 Å². The van der Waals surface area contributed by atoms with Crippen LogP contribution in [0, 0.1) is 11.6 Å². The van der Waals surface area contributed by atoms with Crippen molar-refractivity contribution in [3.63, 3.8) is 0 Å². The number of likely N-dealkylation sites (N-methyl/N-ethyl adjacent to an activating group) is 1. The first-order valence-corrected chi connectivity index (χ1v) is 7.83. The Morgan fingerprint density at radius 3 is 2.62 bits per heavy atom. The summed E-state index contributed by atoms with van der Waals surface area (Å²) in [5.41, 5.74) is 0.205. The van der Waals surface area contributed by atoms with E-state index in [2.05, 4.69) is 10.6 Å². The molecule has 1 saturated carbocycles. The molecule has 1 fully saturated rings. The highest BCUT2D eigenvalue weighted by Gasteiger charge is 2.34. The Morgan fingerprint density at radius 1 is 1.33 bits per heavy atom. The van der Waals surface area contributed by atoms with E-state index < -0.39 is 23.6 Å². The van der Waals surface area contributed by atoms with E-state index in [0.29, 0.717) is 19.4 Å². The summed E-state index contributed by atoms with van der Waals surface area (Å²) in [5.74, 6) is -2.23. The molecule has 0 saturated heterocycles. The molecule has 0 aliphatic heterocycles. The number of carboxylic acid groups (broad SMARTS) is 1. The van der Waals surface area contributed by atoms with Crippen molar-refractivity contribution in [3.8, 4) is 0 Å². The smallest absolute Gasteiger partial charge is 0.317 e. The van der Waals surface area contributed by atoms with Gasteiger partial charge in [0.25, 0.3) is 0 Å². The fourth-order valence-corrected chi connectivity index (χ4v) is 2.75. The SMILES string of the molecule is CCN(CC(=O)O)C1CC(NC(=O)NCc2ccc(F)cc2F)C1. The second kappa shape index (κ2) is 8.05. The highest BCUT2D eigenvalue weighted by atomic mass is 19.1. The van der Waals surface area contributed by atoms with Crippen LogP contribution in [0.3, 0.4) is 0 Å². The normalized spacial score (nSPS) is 19.7. The molecule has 0 aromatic heterocycles. The molecule has 0 bridgehead atoms. The molecule has 1 aromatic rings. The monoisotopic (exact) mass is 341 g/mol. The van der Waals surface area contributed by atoms with Gasteiger partial charge in [-0.15, -0.1) is 0 Å². The van der Waals surface area contributed by atoms with E-state index >= 15 is 0 Å². The van der Waals surface area contributed by atoms with Crippen LogP contribution in [0.1, 0.15) is 25.3 Å². The standard InChI is InChI=1S/C16H21F2N3O3/c1-2-21(9-15(22)23)13-6-12(7-13)20-16(24)19-8-10-3-4-11(17)5-14(10)18/h3-5,12-13H,2,6-9H2,1H3,(H,22,23)(H2,19,20,24). The van der Waals surface area contributed by atoms with Gasteiger partial charge in [0.1, 0.15) is 11.6 Å². The molecule has 0 radical (unpaired) electrons. The first-order valence-electron chi connectivity index (χ1n) is 7.83. The van der Waals surface area contributed by atoms with Gasteiger partial charge in [0.15, 0.2) is 0 Å². The van der Waals surface area contributed by atoms with Crippen LogP contribution in [0.15, 0.2) is 18.2 Å². The average molecular weight is 341 g/mol. The lowest BCUT2D eigenvalue weighted by atomic mass is 9.85. The summed E-state index contributed by atoms with van der Waals surface area (Å²) in [6.07, 6.45) is 1.36. The van der Waals surface area contributed by atoms with E-state index in [1.807, 2.05) is 11.8 Å². The molecule has 8 heteroatoms. The Bertz CT molecular complexity index is 606. The Hall–Kier alpha value is -2.22. The molecule has 0 spiro atoms. The van der Waals surface area contributed by atoms with Crippen LogP contribution < -0.4 is 10.6 Å². The first kappa shape index (κ1) is 18.1. The van der Waals surface area contributed by atoms with Crippen LogP contribution in [0.5, 0.6) is 0 Å². The lowest BCUT2D eigenvalue weighted by Gasteiger charge is -2.42. The van der Waals surface area contributed by atoms with Crippen LogP contribution in [0.4, 0.5) is 13.6 Å². The summed E-state index contributed by atoms with van der Waals surface area (Å²) in [6.45, 7) is 2.49. The van der Waals surface area contributed by atoms with E-state index in [1.54, 1.807) is 0 Å². The van der Waals surface area contributed by atoms with Gasteiger partial charge in [0.2, 0.25) is 0 Å². The van der Waals surface area contributed by atoms with Crippen molar-refractivity contribution in [2.45, 2.75) is 38.4 Å². The maximum absolute atomic E-state index is 13.5. The number of carbonyl (C=O) groups excluding carboxylic acids is 1. The minimum absolute atomic E-state index is 0.00999. The highest BCUT2D eigenvalue weighted by molar-refractivity contribution is 5.74. The number of hydrogen-bond donors (Lipinski definition) is 3. The quantitative estimate of drug-likeness (QED) is 0.705. The summed E-state index contributed by atoms with van der Waals surface area (Å²) in [5, 5.41) is 14.1. The van der Waals surface area contributed by atoms with Crippen molar-refractivity contribution in [3.05, 3.63) is 35.4 Å². The molecule has 1 aliphatic rings. The number of amides is 2. The molecule has 6 nitrogen and oxygen atoms in total. The zero-order chi connectivity index (χ0) is 17.7. The maximum atomic E-state index is 13.5. The molecule has 0 atom stereocenters. The number of carbonyl (C=O) groups is 2. The number of halogens is 2. The van der Waals surface area contributed by atoms with Crippen molar-refractivity contribution >= 4 is 12.0 Å². The van der Waals surface area contributed by atoms with Gasteiger partial charge in [-0.25, -0.2) is 13.6 Å². The van der Waals surface area contributed by atoms with Crippen LogP contribution in [0.2, 0.25) is 0 Å². The largest absolute Gasteiger partial charge is 0.480 e. The number of nitrogens with zero attached hydrogens (tertiary/aromatic N) is 1. The van der Waals surface area contributed by atoms with Crippen molar-refractivity contribution in [2.24, 2.45) is 0 Å². The van der Waals surface area contributed by atoms with Gasteiger partial charge in [-0.3, -0.25) is 9.69 Å². The zero-order valence-corrected chi connectivity index (χ0v) is 13.4.